The Bertz CT molecular complexity index is 3070. The highest BCUT2D eigenvalue weighted by Crippen LogP contribution is 2.59. The Labute approximate surface area is 423 Å². The fraction of sp³-hybridized carbons (Fsp3) is 0.0323. The molecule has 0 aliphatic carbocycles. The van der Waals surface area contributed by atoms with Gasteiger partial charge in [0.25, 0.3) is 0 Å². The van der Waals surface area contributed by atoms with Gasteiger partial charge in [0.05, 0.1) is 23.5 Å². The van der Waals surface area contributed by atoms with E-state index in [4.69, 9.17) is 9.47 Å². The first-order valence-electron chi connectivity index (χ1n) is 23.4. The average molecular weight is 1030 g/mol. The standard InChI is InChI=1S/C62H42F8O2P2/c63-53-51(54(64)58(68)61(57(53)67)71-43-35-31-41(32-36-43)39-73(45-19-7-1-8-20-45,46-21-9-2-10-22-46)47-23-11-3-12-24-47)52-55(65)59(69)62(60(70)56(52)66)72-44-37-33-42(34-38-44)40-74(48-25-13-4-14-26-48,49-27-15-5-16-28-49)50-29-17-6-18-30-50/h1-38H,39-40H2/q+2. The molecule has 0 amide bonds. The van der Waals surface area contributed by atoms with Crippen LogP contribution in [0.4, 0.5) is 35.1 Å². The van der Waals surface area contributed by atoms with Gasteiger partial charge in [0, 0.05) is 0 Å². The normalized spacial score (nSPS) is 11.6. The van der Waals surface area contributed by atoms with Crippen molar-refractivity contribution in [3.8, 4) is 34.1 Å². The van der Waals surface area contributed by atoms with Crippen molar-refractivity contribution in [2.24, 2.45) is 0 Å². The highest BCUT2D eigenvalue weighted by molar-refractivity contribution is 7.95. The van der Waals surface area contributed by atoms with Crippen LogP contribution in [0, 0.1) is 46.5 Å². The van der Waals surface area contributed by atoms with Crippen LogP contribution in [0.5, 0.6) is 23.0 Å². The first-order valence-corrected chi connectivity index (χ1v) is 27.3. The minimum absolute atomic E-state index is 0.241. The SMILES string of the molecule is Fc1c(F)c(-c2c(F)c(F)c(Oc3ccc(C[P+](c4ccccc4)(c4ccccc4)c4ccccc4)cc3)c(F)c2F)c(F)c(F)c1Oc1ccc(C[P+](c2ccccc2)(c2ccccc2)c2ccccc2)cc1. The zero-order valence-corrected chi connectivity index (χ0v) is 40.9. The van der Waals surface area contributed by atoms with Crippen LogP contribution in [0.25, 0.3) is 11.1 Å². The van der Waals surface area contributed by atoms with E-state index in [-0.39, 0.29) is 11.5 Å². The molecule has 0 saturated heterocycles. The van der Waals surface area contributed by atoms with Gasteiger partial charge >= 0.3 is 0 Å². The second kappa shape index (κ2) is 21.3. The highest BCUT2D eigenvalue weighted by Gasteiger charge is 2.47. The van der Waals surface area contributed by atoms with Crippen molar-refractivity contribution in [2.75, 3.05) is 0 Å². The molecule has 0 N–H and O–H groups in total. The fourth-order valence-electron chi connectivity index (χ4n) is 9.49. The summed E-state index contributed by atoms with van der Waals surface area (Å²) >= 11 is 0. The summed E-state index contributed by atoms with van der Waals surface area (Å²) in [6.45, 7) is 0. The number of rotatable bonds is 15. The molecule has 2 nitrogen and oxygen atoms in total. The molecule has 0 aromatic heterocycles. The molecular formula is C62H42F8O2P2+2. The minimum Gasteiger partial charge on any atom is -0.451 e. The summed E-state index contributed by atoms with van der Waals surface area (Å²) in [6.07, 6.45) is 1.01. The van der Waals surface area contributed by atoms with Crippen molar-refractivity contribution in [1.29, 1.82) is 0 Å². The van der Waals surface area contributed by atoms with Crippen LogP contribution in [-0.4, -0.2) is 0 Å². The minimum atomic E-state index is -2.37. The molecule has 0 aliphatic rings. The van der Waals surface area contributed by atoms with Crippen LogP contribution < -0.4 is 41.3 Å². The molecule has 0 atom stereocenters. The Morgan fingerprint density at radius 1 is 0.243 bits per heavy atom. The van der Waals surface area contributed by atoms with E-state index in [9.17, 15) is 0 Å². The van der Waals surface area contributed by atoms with Crippen molar-refractivity contribution in [3.05, 3.63) is 288 Å². The lowest BCUT2D eigenvalue weighted by atomic mass is 10.0. The highest BCUT2D eigenvalue weighted by atomic mass is 31.2. The first kappa shape index (κ1) is 49.7. The third-order valence-electron chi connectivity index (χ3n) is 13.0. The maximum atomic E-state index is 15.9. The van der Waals surface area contributed by atoms with Crippen LogP contribution in [0.1, 0.15) is 11.1 Å². The Morgan fingerprint density at radius 2 is 0.446 bits per heavy atom. The molecule has 0 aliphatic heterocycles. The van der Waals surface area contributed by atoms with E-state index < -0.39 is 83.7 Å². The predicted octanol–water partition coefficient (Wildman–Crippen LogP) is 15.0. The molecule has 0 saturated carbocycles. The topological polar surface area (TPSA) is 18.5 Å². The Morgan fingerprint density at radius 3 is 0.649 bits per heavy atom. The number of hydrogen-bond donors (Lipinski definition) is 0. The zero-order chi connectivity index (χ0) is 51.4. The third-order valence-corrected chi connectivity index (χ3v) is 21.8. The van der Waals surface area contributed by atoms with E-state index in [1.165, 1.54) is 24.3 Å². The monoisotopic (exact) mass is 1030 g/mol. The van der Waals surface area contributed by atoms with E-state index in [2.05, 4.69) is 72.8 Å². The van der Waals surface area contributed by atoms with Crippen molar-refractivity contribution in [2.45, 2.75) is 12.3 Å². The molecule has 12 heteroatoms. The Hall–Kier alpha value is -7.90. The van der Waals surface area contributed by atoms with Crippen LogP contribution in [0.15, 0.2) is 231 Å². The van der Waals surface area contributed by atoms with E-state index >= 15 is 35.1 Å². The molecule has 0 spiro atoms. The van der Waals surface area contributed by atoms with Crippen molar-refractivity contribution >= 4 is 46.4 Å². The van der Waals surface area contributed by atoms with Gasteiger partial charge < -0.3 is 9.47 Å². The van der Waals surface area contributed by atoms with Gasteiger partial charge in [-0.1, -0.05) is 133 Å². The van der Waals surface area contributed by atoms with Crippen molar-refractivity contribution in [1.82, 2.24) is 0 Å². The summed E-state index contributed by atoms with van der Waals surface area (Å²) < 4.78 is 138. The Balaban J connectivity index is 0.924. The second-order valence-corrected chi connectivity index (χ2v) is 24.3. The van der Waals surface area contributed by atoms with Gasteiger partial charge in [0.15, 0.2) is 23.3 Å². The van der Waals surface area contributed by atoms with E-state index in [1.807, 2.05) is 109 Å². The van der Waals surface area contributed by atoms with Gasteiger partial charge in [-0.2, -0.15) is 17.6 Å². The molecule has 0 unspecified atom stereocenters. The van der Waals surface area contributed by atoms with E-state index in [1.54, 1.807) is 24.3 Å². The third kappa shape index (κ3) is 9.25. The number of ether oxygens (including phenoxy) is 2. The predicted molar refractivity (Wildman–Crippen MR) is 282 cm³/mol. The fourth-order valence-corrected chi connectivity index (χ4v) is 18.0. The zero-order valence-electron chi connectivity index (χ0n) is 39.1. The summed E-state index contributed by atoms with van der Waals surface area (Å²) in [5.74, 6) is -21.9. The van der Waals surface area contributed by atoms with Gasteiger partial charge in [-0.3, -0.25) is 0 Å². The summed E-state index contributed by atoms with van der Waals surface area (Å²) in [6, 6.07) is 72.1. The molecule has 74 heavy (non-hydrogen) atoms. The van der Waals surface area contributed by atoms with Crippen LogP contribution in [-0.2, 0) is 12.3 Å². The lowest BCUT2D eigenvalue weighted by molar-refractivity contribution is 0.360. The largest absolute Gasteiger partial charge is 0.451 e. The quantitative estimate of drug-likeness (QED) is 0.0579. The Kier molecular flexibility index (Phi) is 14.3. The molecule has 0 heterocycles. The molecular weight excluding hydrogens is 991 g/mol. The summed E-state index contributed by atoms with van der Waals surface area (Å²) in [5, 5.41) is 6.58. The van der Waals surface area contributed by atoms with Gasteiger partial charge in [-0.15, -0.1) is 0 Å². The number of benzene rings is 10. The van der Waals surface area contributed by atoms with Crippen LogP contribution >= 0.6 is 14.5 Å². The first-order chi connectivity index (χ1) is 36.0. The molecule has 0 fully saturated rings. The molecule has 0 bridgehead atoms. The van der Waals surface area contributed by atoms with Crippen molar-refractivity contribution in [3.63, 3.8) is 0 Å². The molecule has 10 aromatic rings. The summed E-state index contributed by atoms with van der Waals surface area (Å²) in [4.78, 5) is 0. The molecule has 10 rings (SSSR count). The van der Waals surface area contributed by atoms with Gasteiger partial charge in [0.2, 0.25) is 34.8 Å². The lowest BCUT2D eigenvalue weighted by Crippen LogP contribution is -2.32. The number of hydrogen-bond acceptors (Lipinski definition) is 2. The van der Waals surface area contributed by atoms with E-state index in [0.717, 1.165) is 43.0 Å². The van der Waals surface area contributed by atoms with Gasteiger partial charge in [-0.25, -0.2) is 17.6 Å². The molecule has 10 aromatic carbocycles. The maximum Gasteiger partial charge on any atom is 0.205 e. The maximum absolute atomic E-state index is 15.9. The second-order valence-electron chi connectivity index (χ2n) is 17.4. The van der Waals surface area contributed by atoms with Crippen LogP contribution in [0.2, 0.25) is 0 Å². The van der Waals surface area contributed by atoms with Crippen LogP contribution in [0.3, 0.4) is 0 Å². The smallest absolute Gasteiger partial charge is 0.205 e. The average Bonchev–Trinajstić information content (AvgIpc) is 3.46. The number of halogens is 8. The molecule has 0 radical (unpaired) electrons. The lowest BCUT2D eigenvalue weighted by Gasteiger charge is -2.28. The van der Waals surface area contributed by atoms with Gasteiger partial charge in [-0.05, 0) is 108 Å². The summed E-state index contributed by atoms with van der Waals surface area (Å²) in [5.41, 5.74) is -2.47. The summed E-state index contributed by atoms with van der Waals surface area (Å²) in [7, 11) is -4.75. The molecule has 366 valence electrons. The van der Waals surface area contributed by atoms with Crippen molar-refractivity contribution < 1.29 is 44.6 Å². The van der Waals surface area contributed by atoms with E-state index in [0.29, 0.717) is 12.3 Å². The van der Waals surface area contributed by atoms with Gasteiger partial charge in [0.1, 0.15) is 57.9 Å².